The Balaban J connectivity index is 1.80. The number of hydrogen-bond donors (Lipinski definition) is 1. The van der Waals surface area contributed by atoms with Crippen LogP contribution in [0.2, 0.25) is 0 Å². The van der Waals surface area contributed by atoms with Crippen LogP contribution >= 0.6 is 0 Å². The quantitative estimate of drug-likeness (QED) is 0.904. The maximum atomic E-state index is 11.8. The molecule has 2 heterocycles. The Hall–Kier alpha value is -1.39. The zero-order valence-electron chi connectivity index (χ0n) is 12.3. The lowest BCUT2D eigenvalue weighted by molar-refractivity contribution is -0.117. The molecule has 2 atom stereocenters. The average Bonchev–Trinajstić information content (AvgIpc) is 2.92. The summed E-state index contributed by atoms with van der Waals surface area (Å²) in [5.41, 5.74) is 9.30. The Labute approximate surface area is 120 Å². The molecular weight excluding hydrogens is 250 g/mol. The van der Waals surface area contributed by atoms with Gasteiger partial charge in [0.25, 0.3) is 0 Å². The van der Waals surface area contributed by atoms with Gasteiger partial charge in [-0.2, -0.15) is 0 Å². The van der Waals surface area contributed by atoms with Gasteiger partial charge in [-0.15, -0.1) is 0 Å². The summed E-state index contributed by atoms with van der Waals surface area (Å²) >= 11 is 0. The van der Waals surface area contributed by atoms with Crippen molar-refractivity contribution in [2.24, 2.45) is 5.73 Å². The minimum absolute atomic E-state index is 0.196. The van der Waals surface area contributed by atoms with Crippen molar-refractivity contribution < 1.29 is 4.79 Å². The SMILES string of the molecule is CC1CC(c2ccc3c(c2)CC(=O)N3C)CN1CCN. The van der Waals surface area contributed by atoms with Gasteiger partial charge < -0.3 is 10.6 Å². The molecule has 20 heavy (non-hydrogen) atoms. The molecule has 1 aromatic carbocycles. The van der Waals surface area contributed by atoms with Crippen molar-refractivity contribution in [3.8, 4) is 0 Å². The molecule has 4 nitrogen and oxygen atoms in total. The van der Waals surface area contributed by atoms with Gasteiger partial charge in [-0.1, -0.05) is 12.1 Å². The summed E-state index contributed by atoms with van der Waals surface area (Å²) in [5.74, 6) is 0.768. The molecule has 0 radical (unpaired) electrons. The van der Waals surface area contributed by atoms with Gasteiger partial charge in [-0.3, -0.25) is 9.69 Å². The van der Waals surface area contributed by atoms with Crippen molar-refractivity contribution in [1.29, 1.82) is 0 Å². The van der Waals surface area contributed by atoms with E-state index in [1.807, 2.05) is 7.05 Å². The fourth-order valence-electron chi connectivity index (χ4n) is 3.56. The first-order chi connectivity index (χ1) is 9.60. The number of carbonyl (C=O) groups is 1. The highest BCUT2D eigenvalue weighted by Crippen LogP contribution is 2.35. The monoisotopic (exact) mass is 273 g/mol. The minimum Gasteiger partial charge on any atom is -0.329 e. The molecule has 0 aliphatic carbocycles. The number of anilines is 1. The number of amides is 1. The molecule has 2 N–H and O–H groups in total. The van der Waals surface area contributed by atoms with Gasteiger partial charge >= 0.3 is 0 Å². The van der Waals surface area contributed by atoms with Crippen LogP contribution in [0.1, 0.15) is 30.4 Å². The van der Waals surface area contributed by atoms with Gasteiger partial charge in [0.2, 0.25) is 5.91 Å². The van der Waals surface area contributed by atoms with Crippen molar-refractivity contribution in [3.05, 3.63) is 29.3 Å². The van der Waals surface area contributed by atoms with Crippen molar-refractivity contribution in [2.45, 2.75) is 31.7 Å². The van der Waals surface area contributed by atoms with Crippen LogP contribution < -0.4 is 10.6 Å². The van der Waals surface area contributed by atoms with E-state index in [2.05, 4.69) is 30.0 Å². The Kier molecular flexibility index (Phi) is 3.52. The van der Waals surface area contributed by atoms with Crippen LogP contribution in [-0.2, 0) is 11.2 Å². The molecule has 0 saturated carbocycles. The zero-order chi connectivity index (χ0) is 14.3. The molecule has 0 aromatic heterocycles. The maximum Gasteiger partial charge on any atom is 0.231 e. The maximum absolute atomic E-state index is 11.8. The van der Waals surface area contributed by atoms with Crippen LogP contribution in [0.15, 0.2) is 18.2 Å². The van der Waals surface area contributed by atoms with E-state index in [9.17, 15) is 4.79 Å². The number of likely N-dealkylation sites (tertiary alicyclic amines) is 1. The van der Waals surface area contributed by atoms with Crippen LogP contribution in [0, 0.1) is 0 Å². The highest BCUT2D eigenvalue weighted by atomic mass is 16.2. The van der Waals surface area contributed by atoms with Gasteiger partial charge in [0.05, 0.1) is 6.42 Å². The third kappa shape index (κ3) is 2.23. The van der Waals surface area contributed by atoms with Gasteiger partial charge in [-0.05, 0) is 36.5 Å². The second kappa shape index (κ2) is 5.19. The van der Waals surface area contributed by atoms with E-state index in [4.69, 9.17) is 5.73 Å². The van der Waals surface area contributed by atoms with Gasteiger partial charge in [0.1, 0.15) is 0 Å². The first-order valence-electron chi connectivity index (χ1n) is 7.43. The van der Waals surface area contributed by atoms with Crippen molar-refractivity contribution >= 4 is 11.6 Å². The highest BCUT2D eigenvalue weighted by molar-refractivity contribution is 6.00. The number of rotatable bonds is 3. The number of nitrogens with zero attached hydrogens (tertiary/aromatic N) is 2. The summed E-state index contributed by atoms with van der Waals surface area (Å²) in [7, 11) is 1.86. The highest BCUT2D eigenvalue weighted by Gasteiger charge is 2.31. The Morgan fingerprint density at radius 1 is 1.40 bits per heavy atom. The molecule has 1 aromatic rings. The lowest BCUT2D eigenvalue weighted by Gasteiger charge is -2.19. The van der Waals surface area contributed by atoms with Gasteiger partial charge in [0, 0.05) is 38.4 Å². The molecule has 0 bridgehead atoms. The van der Waals surface area contributed by atoms with Crippen LogP contribution in [0.3, 0.4) is 0 Å². The Morgan fingerprint density at radius 3 is 2.95 bits per heavy atom. The Bertz CT molecular complexity index is 528. The number of nitrogens with two attached hydrogens (primary N) is 1. The normalized spacial score (nSPS) is 26.4. The van der Waals surface area contributed by atoms with E-state index in [1.54, 1.807) is 4.90 Å². The van der Waals surface area contributed by atoms with E-state index >= 15 is 0 Å². The fraction of sp³-hybridized carbons (Fsp3) is 0.562. The van der Waals surface area contributed by atoms with Crippen LogP contribution in [0.25, 0.3) is 0 Å². The molecular formula is C16H23N3O. The molecule has 2 unspecified atom stereocenters. The third-order valence-corrected chi connectivity index (χ3v) is 4.77. The lowest BCUT2D eigenvalue weighted by atomic mass is 9.94. The zero-order valence-corrected chi connectivity index (χ0v) is 12.3. The molecule has 2 aliphatic heterocycles. The molecule has 1 amide bonds. The molecule has 0 spiro atoms. The lowest BCUT2D eigenvalue weighted by Crippen LogP contribution is -2.32. The summed E-state index contributed by atoms with van der Waals surface area (Å²) < 4.78 is 0. The van der Waals surface area contributed by atoms with E-state index < -0.39 is 0 Å². The molecule has 1 saturated heterocycles. The van der Waals surface area contributed by atoms with Gasteiger partial charge in [0.15, 0.2) is 0 Å². The van der Waals surface area contributed by atoms with E-state index in [-0.39, 0.29) is 5.91 Å². The van der Waals surface area contributed by atoms with Crippen molar-refractivity contribution in [1.82, 2.24) is 4.90 Å². The summed E-state index contributed by atoms with van der Waals surface area (Å²) in [5, 5.41) is 0. The molecule has 108 valence electrons. The third-order valence-electron chi connectivity index (χ3n) is 4.77. The summed E-state index contributed by atoms with van der Waals surface area (Å²) in [6.07, 6.45) is 1.73. The average molecular weight is 273 g/mol. The van der Waals surface area contributed by atoms with E-state index in [1.165, 1.54) is 17.5 Å². The van der Waals surface area contributed by atoms with E-state index in [0.29, 0.717) is 18.4 Å². The van der Waals surface area contributed by atoms with Gasteiger partial charge in [-0.25, -0.2) is 0 Å². The minimum atomic E-state index is 0.196. The number of hydrogen-bond acceptors (Lipinski definition) is 3. The largest absolute Gasteiger partial charge is 0.329 e. The number of likely N-dealkylation sites (N-methyl/N-ethyl adjacent to an activating group) is 1. The smallest absolute Gasteiger partial charge is 0.231 e. The second-order valence-corrected chi connectivity index (χ2v) is 6.08. The number of benzene rings is 1. The summed E-state index contributed by atoms with van der Waals surface area (Å²) in [6.45, 7) is 5.06. The first-order valence-corrected chi connectivity index (χ1v) is 7.43. The number of carbonyl (C=O) groups excluding carboxylic acids is 1. The van der Waals surface area contributed by atoms with Crippen LogP contribution in [0.5, 0.6) is 0 Å². The van der Waals surface area contributed by atoms with E-state index in [0.717, 1.165) is 25.3 Å². The van der Waals surface area contributed by atoms with Crippen LogP contribution in [0.4, 0.5) is 5.69 Å². The standard InChI is InChI=1S/C16H23N3O/c1-11-7-14(10-19(11)6-5-17)12-3-4-15-13(8-12)9-16(20)18(15)2/h3-4,8,11,14H,5-7,9-10,17H2,1-2H3. The number of fused-ring (bicyclic) bond motifs is 1. The summed E-state index contributed by atoms with van der Waals surface area (Å²) in [6, 6.07) is 7.13. The van der Waals surface area contributed by atoms with Crippen molar-refractivity contribution in [3.63, 3.8) is 0 Å². The summed E-state index contributed by atoms with van der Waals surface area (Å²) in [4.78, 5) is 16.0. The predicted molar refractivity (Wildman–Crippen MR) is 81.0 cm³/mol. The Morgan fingerprint density at radius 2 is 2.20 bits per heavy atom. The fourth-order valence-corrected chi connectivity index (χ4v) is 3.56. The van der Waals surface area contributed by atoms with Crippen molar-refractivity contribution in [2.75, 3.05) is 31.6 Å². The molecule has 1 fully saturated rings. The topological polar surface area (TPSA) is 49.6 Å². The molecule has 4 heteroatoms. The molecule has 2 aliphatic rings. The van der Waals surface area contributed by atoms with Crippen LogP contribution in [-0.4, -0.2) is 43.5 Å². The molecule has 3 rings (SSSR count). The first kappa shape index (κ1) is 13.6. The predicted octanol–water partition coefficient (Wildman–Crippen LogP) is 1.34. The second-order valence-electron chi connectivity index (χ2n) is 6.08.